The van der Waals surface area contributed by atoms with E-state index in [9.17, 15) is 9.90 Å². The van der Waals surface area contributed by atoms with E-state index in [1.54, 1.807) is 6.92 Å². The summed E-state index contributed by atoms with van der Waals surface area (Å²) < 4.78 is 5.08. The van der Waals surface area contributed by atoms with Crippen LogP contribution >= 0.6 is 0 Å². The average molecular weight is 215 g/mol. The van der Waals surface area contributed by atoms with E-state index < -0.39 is 11.6 Å². The molecule has 1 saturated carbocycles. The van der Waals surface area contributed by atoms with Crippen LogP contribution in [-0.4, -0.2) is 29.3 Å². The van der Waals surface area contributed by atoms with Crippen molar-refractivity contribution in [1.82, 2.24) is 0 Å². The molecule has 4 nitrogen and oxygen atoms in total. The third kappa shape index (κ3) is 2.92. The molecule has 1 aliphatic rings. The smallest absolute Gasteiger partial charge is 0.309 e. The fourth-order valence-electron chi connectivity index (χ4n) is 1.80. The Hall–Kier alpha value is -0.610. The van der Waals surface area contributed by atoms with Gasteiger partial charge in [-0.25, -0.2) is 0 Å². The molecule has 0 spiro atoms. The van der Waals surface area contributed by atoms with Crippen molar-refractivity contribution in [2.24, 2.45) is 11.7 Å². The topological polar surface area (TPSA) is 72.5 Å². The van der Waals surface area contributed by atoms with E-state index in [1.165, 1.54) is 0 Å². The van der Waals surface area contributed by atoms with E-state index in [4.69, 9.17) is 10.5 Å². The number of hydrogen-bond acceptors (Lipinski definition) is 4. The van der Waals surface area contributed by atoms with Gasteiger partial charge in [-0.2, -0.15) is 0 Å². The molecule has 4 heteroatoms. The minimum atomic E-state index is -0.575. The Morgan fingerprint density at radius 1 is 1.67 bits per heavy atom. The first-order valence-electron chi connectivity index (χ1n) is 5.63. The van der Waals surface area contributed by atoms with Crippen LogP contribution in [0, 0.1) is 5.92 Å². The van der Waals surface area contributed by atoms with Gasteiger partial charge in [0.2, 0.25) is 0 Å². The lowest BCUT2D eigenvalue weighted by atomic mass is 9.66. The van der Waals surface area contributed by atoms with Crippen LogP contribution in [0.5, 0.6) is 0 Å². The first-order valence-corrected chi connectivity index (χ1v) is 5.63. The highest BCUT2D eigenvalue weighted by molar-refractivity contribution is 5.74. The van der Waals surface area contributed by atoms with Crippen LogP contribution in [0.4, 0.5) is 0 Å². The van der Waals surface area contributed by atoms with Crippen LogP contribution in [0.15, 0.2) is 0 Å². The van der Waals surface area contributed by atoms with E-state index in [2.05, 4.69) is 6.92 Å². The Bertz CT molecular complexity index is 222. The largest absolute Gasteiger partial charge is 0.465 e. The Morgan fingerprint density at radius 3 is 2.73 bits per heavy atom. The molecule has 0 amide bonds. The van der Waals surface area contributed by atoms with Crippen molar-refractivity contribution in [2.75, 3.05) is 6.61 Å². The molecule has 0 aromatic carbocycles. The average Bonchev–Trinajstić information content (AvgIpc) is 2.12. The highest BCUT2D eigenvalue weighted by Crippen LogP contribution is 2.38. The van der Waals surface area contributed by atoms with Crippen molar-refractivity contribution in [1.29, 1.82) is 0 Å². The number of nitrogens with two attached hydrogens (primary N) is 1. The fraction of sp³-hybridized carbons (Fsp3) is 0.909. The van der Waals surface area contributed by atoms with Crippen LogP contribution in [0.25, 0.3) is 0 Å². The molecule has 0 heterocycles. The molecule has 0 bridgehead atoms. The van der Waals surface area contributed by atoms with Gasteiger partial charge in [-0.15, -0.1) is 0 Å². The van der Waals surface area contributed by atoms with Crippen LogP contribution in [0.2, 0.25) is 0 Å². The maximum Gasteiger partial charge on any atom is 0.309 e. The van der Waals surface area contributed by atoms with Gasteiger partial charge in [-0.05, 0) is 26.2 Å². The number of carbonyl (C=O) groups is 1. The monoisotopic (exact) mass is 215 g/mol. The number of aliphatic hydroxyl groups excluding tert-OH is 1. The second-order valence-corrected chi connectivity index (χ2v) is 4.54. The number of ether oxygens (including phenoxy) is 1. The van der Waals surface area contributed by atoms with Crippen LogP contribution in [0.3, 0.4) is 0 Å². The summed E-state index contributed by atoms with van der Waals surface area (Å²) >= 11 is 0. The zero-order valence-electron chi connectivity index (χ0n) is 9.53. The van der Waals surface area contributed by atoms with Gasteiger partial charge in [0.15, 0.2) is 0 Å². The first kappa shape index (κ1) is 12.5. The molecule has 3 N–H and O–H groups in total. The van der Waals surface area contributed by atoms with Gasteiger partial charge in [0.1, 0.15) is 0 Å². The lowest BCUT2D eigenvalue weighted by Crippen LogP contribution is -2.60. The van der Waals surface area contributed by atoms with Gasteiger partial charge in [-0.3, -0.25) is 4.79 Å². The van der Waals surface area contributed by atoms with Gasteiger partial charge in [0.25, 0.3) is 0 Å². The third-order valence-electron chi connectivity index (χ3n) is 3.16. The van der Waals surface area contributed by atoms with E-state index in [0.29, 0.717) is 19.4 Å². The number of esters is 1. The molecule has 88 valence electrons. The van der Waals surface area contributed by atoms with Gasteiger partial charge < -0.3 is 15.6 Å². The molecule has 0 radical (unpaired) electrons. The lowest BCUT2D eigenvalue weighted by Gasteiger charge is -2.45. The summed E-state index contributed by atoms with van der Waals surface area (Å²) in [5, 5.41) is 9.37. The summed E-state index contributed by atoms with van der Waals surface area (Å²) in [6.45, 7) is 4.21. The fourth-order valence-corrected chi connectivity index (χ4v) is 1.80. The lowest BCUT2D eigenvalue weighted by molar-refractivity contribution is -0.156. The summed E-state index contributed by atoms with van der Waals surface area (Å²) in [5.41, 5.74) is 5.30. The predicted octanol–water partition coefficient (Wildman–Crippen LogP) is 0.818. The van der Waals surface area contributed by atoms with E-state index in [0.717, 1.165) is 12.8 Å². The highest BCUT2D eigenvalue weighted by atomic mass is 16.5. The van der Waals surface area contributed by atoms with Crippen LogP contribution in [0.1, 0.15) is 39.5 Å². The summed E-state index contributed by atoms with van der Waals surface area (Å²) in [6, 6.07) is 0. The summed E-state index contributed by atoms with van der Waals surface area (Å²) in [7, 11) is 0. The maximum atomic E-state index is 11.5. The number of rotatable bonds is 5. The van der Waals surface area contributed by atoms with E-state index in [-0.39, 0.29) is 11.9 Å². The molecule has 15 heavy (non-hydrogen) atoms. The van der Waals surface area contributed by atoms with E-state index in [1.807, 2.05) is 0 Å². The normalized spacial score (nSPS) is 31.9. The molecule has 1 aliphatic carbocycles. The Kier molecular flexibility index (Phi) is 4.11. The van der Waals surface area contributed by atoms with Crippen molar-refractivity contribution in [3.63, 3.8) is 0 Å². The highest BCUT2D eigenvalue weighted by Gasteiger charge is 2.48. The molecule has 1 fully saturated rings. The van der Waals surface area contributed by atoms with Crippen molar-refractivity contribution in [3.05, 3.63) is 0 Å². The Labute approximate surface area is 90.8 Å². The molecule has 0 aliphatic heterocycles. The van der Waals surface area contributed by atoms with Crippen LogP contribution in [-0.2, 0) is 9.53 Å². The zero-order valence-corrected chi connectivity index (χ0v) is 9.53. The predicted molar refractivity (Wildman–Crippen MR) is 57.2 cm³/mol. The molecule has 0 unspecified atom stereocenters. The second kappa shape index (κ2) is 4.94. The molecule has 0 aromatic heterocycles. The minimum absolute atomic E-state index is 0.110. The number of carbonyl (C=O) groups excluding carboxylic acids is 1. The quantitative estimate of drug-likeness (QED) is 0.526. The van der Waals surface area contributed by atoms with Gasteiger partial charge in [0.05, 0.1) is 18.6 Å². The van der Waals surface area contributed by atoms with Gasteiger partial charge >= 0.3 is 5.97 Å². The summed E-state index contributed by atoms with van der Waals surface area (Å²) in [4.78, 5) is 11.5. The third-order valence-corrected chi connectivity index (χ3v) is 3.16. The van der Waals surface area contributed by atoms with Gasteiger partial charge in [0, 0.05) is 5.54 Å². The maximum absolute atomic E-state index is 11.5. The molecule has 0 saturated heterocycles. The molecular formula is C11H21NO3. The molecule has 1 atom stereocenters. The molecule has 0 aromatic rings. The van der Waals surface area contributed by atoms with Crippen molar-refractivity contribution < 1.29 is 14.6 Å². The minimum Gasteiger partial charge on any atom is -0.465 e. The number of hydrogen-bond donors (Lipinski definition) is 2. The Morgan fingerprint density at radius 2 is 2.27 bits per heavy atom. The summed E-state index contributed by atoms with van der Waals surface area (Å²) in [5.74, 6) is -0.272. The van der Waals surface area contributed by atoms with Gasteiger partial charge in [-0.1, -0.05) is 13.3 Å². The zero-order chi connectivity index (χ0) is 11.5. The van der Waals surface area contributed by atoms with Crippen molar-refractivity contribution in [2.45, 2.75) is 51.2 Å². The van der Waals surface area contributed by atoms with Crippen molar-refractivity contribution in [3.8, 4) is 0 Å². The standard InChI is InChI=1S/C11H21NO3/c1-3-4-5-15-10(14)9-6-11(12,7-9)8(2)13/h8-9,13H,3-7,12H2,1-2H3/t8-,9?,11?/m1/s1. The number of unbranched alkanes of at least 4 members (excludes halogenated alkanes) is 1. The molecular weight excluding hydrogens is 194 g/mol. The molecule has 1 rings (SSSR count). The second-order valence-electron chi connectivity index (χ2n) is 4.54. The summed E-state index contributed by atoms with van der Waals surface area (Å²) in [6.07, 6.45) is 2.44. The first-order chi connectivity index (χ1) is 6.99. The Balaban J connectivity index is 2.23. The van der Waals surface area contributed by atoms with Crippen LogP contribution < -0.4 is 5.73 Å². The van der Waals surface area contributed by atoms with E-state index >= 15 is 0 Å². The number of aliphatic hydroxyl groups is 1. The van der Waals surface area contributed by atoms with Crippen molar-refractivity contribution >= 4 is 5.97 Å². The SMILES string of the molecule is CCCCOC(=O)C1CC(N)([C@@H](C)O)C1.